The van der Waals surface area contributed by atoms with Crippen LogP contribution in [0.1, 0.15) is 25.7 Å². The molecule has 0 bridgehead atoms. The van der Waals surface area contributed by atoms with Crippen LogP contribution in [0.5, 0.6) is 0 Å². The number of hydrogen-bond acceptors (Lipinski definition) is 3. The van der Waals surface area contributed by atoms with Crippen molar-refractivity contribution < 1.29 is 4.79 Å². The van der Waals surface area contributed by atoms with Gasteiger partial charge in [-0.1, -0.05) is 0 Å². The minimum atomic E-state index is 0.0666. The van der Waals surface area contributed by atoms with E-state index in [4.69, 9.17) is 0 Å². The molecule has 2 saturated heterocycles. The molecule has 1 amide bonds. The summed E-state index contributed by atoms with van der Waals surface area (Å²) in [7, 11) is 0. The molecule has 0 radical (unpaired) electrons. The molecular weight excluding hydrogens is 178 g/mol. The van der Waals surface area contributed by atoms with E-state index < -0.39 is 0 Å². The maximum absolute atomic E-state index is 11.7. The summed E-state index contributed by atoms with van der Waals surface area (Å²) in [6.07, 6.45) is 4.40. The fourth-order valence-corrected chi connectivity index (χ4v) is 2.19. The highest BCUT2D eigenvalue weighted by atomic mass is 16.2. The van der Waals surface area contributed by atoms with Crippen molar-refractivity contribution in [2.24, 2.45) is 0 Å². The third-order valence-corrected chi connectivity index (χ3v) is 3.02. The van der Waals surface area contributed by atoms with E-state index in [1.165, 1.54) is 6.42 Å². The quantitative estimate of drug-likeness (QED) is 0.565. The molecule has 0 saturated carbocycles. The Morgan fingerprint density at radius 3 is 2.71 bits per heavy atom. The van der Waals surface area contributed by atoms with E-state index in [1.54, 1.807) is 0 Å². The molecule has 4 nitrogen and oxygen atoms in total. The maximum atomic E-state index is 11.7. The van der Waals surface area contributed by atoms with Crippen LogP contribution in [0.4, 0.5) is 0 Å². The van der Waals surface area contributed by atoms with Crippen LogP contribution in [0.3, 0.4) is 0 Å². The highest BCUT2D eigenvalue weighted by molar-refractivity contribution is 5.82. The van der Waals surface area contributed by atoms with Crippen molar-refractivity contribution in [1.82, 2.24) is 16.0 Å². The molecule has 2 fully saturated rings. The largest absolute Gasteiger partial charge is 0.351 e. The van der Waals surface area contributed by atoms with Gasteiger partial charge in [-0.05, 0) is 38.8 Å². The van der Waals surface area contributed by atoms with Gasteiger partial charge in [-0.3, -0.25) is 4.79 Å². The lowest BCUT2D eigenvalue weighted by molar-refractivity contribution is -0.123. The number of carbonyl (C=O) groups is 1. The monoisotopic (exact) mass is 197 g/mol. The molecule has 4 heteroatoms. The summed E-state index contributed by atoms with van der Waals surface area (Å²) in [5.74, 6) is 0.191. The van der Waals surface area contributed by atoms with Gasteiger partial charge in [0.05, 0.1) is 6.04 Å². The summed E-state index contributed by atoms with van der Waals surface area (Å²) in [4.78, 5) is 11.7. The van der Waals surface area contributed by atoms with Gasteiger partial charge in [0.1, 0.15) is 0 Å². The summed E-state index contributed by atoms with van der Waals surface area (Å²) < 4.78 is 0. The molecule has 14 heavy (non-hydrogen) atoms. The molecule has 2 atom stereocenters. The first kappa shape index (κ1) is 9.93. The maximum Gasteiger partial charge on any atom is 0.237 e. The van der Waals surface area contributed by atoms with Crippen LogP contribution in [0.25, 0.3) is 0 Å². The second kappa shape index (κ2) is 4.75. The molecule has 2 heterocycles. The molecule has 0 aromatic carbocycles. The van der Waals surface area contributed by atoms with Gasteiger partial charge in [0.2, 0.25) is 5.91 Å². The van der Waals surface area contributed by atoms with Crippen molar-refractivity contribution in [3.05, 3.63) is 0 Å². The Morgan fingerprint density at radius 2 is 2.07 bits per heavy atom. The number of hydrogen-bond donors (Lipinski definition) is 3. The van der Waals surface area contributed by atoms with Crippen LogP contribution < -0.4 is 16.0 Å². The van der Waals surface area contributed by atoms with E-state index in [0.717, 1.165) is 38.9 Å². The Balaban J connectivity index is 1.75. The van der Waals surface area contributed by atoms with Crippen LogP contribution in [0.15, 0.2) is 0 Å². The number of piperidine rings is 1. The van der Waals surface area contributed by atoms with Crippen LogP contribution in [0, 0.1) is 0 Å². The van der Waals surface area contributed by atoms with E-state index in [-0.39, 0.29) is 11.9 Å². The molecule has 2 aliphatic heterocycles. The Kier molecular flexibility index (Phi) is 3.37. The topological polar surface area (TPSA) is 53.2 Å². The standard InChI is InChI=1S/C10H19N3O/c14-10(9-4-2-6-12-9)13-8-3-1-5-11-7-8/h8-9,11-12H,1-7H2,(H,13,14)/t8?,9-/m0/s1. The van der Waals surface area contributed by atoms with Crippen LogP contribution >= 0.6 is 0 Å². The second-order valence-electron chi connectivity index (χ2n) is 4.20. The molecule has 0 spiro atoms. The SMILES string of the molecule is O=C(NC1CCCNC1)[C@@H]1CCCN1. The van der Waals surface area contributed by atoms with E-state index in [1.807, 2.05) is 0 Å². The summed E-state index contributed by atoms with van der Waals surface area (Å²) in [5, 5.41) is 9.61. The first-order chi connectivity index (χ1) is 6.86. The normalized spacial score (nSPS) is 32.9. The summed E-state index contributed by atoms with van der Waals surface area (Å²) in [6, 6.07) is 0.413. The van der Waals surface area contributed by atoms with Gasteiger partial charge in [-0.25, -0.2) is 0 Å². The molecular formula is C10H19N3O. The third-order valence-electron chi connectivity index (χ3n) is 3.02. The number of carbonyl (C=O) groups excluding carboxylic acids is 1. The molecule has 0 aromatic rings. The van der Waals surface area contributed by atoms with Crippen molar-refractivity contribution in [3.63, 3.8) is 0 Å². The zero-order valence-corrected chi connectivity index (χ0v) is 8.51. The second-order valence-corrected chi connectivity index (χ2v) is 4.20. The number of rotatable bonds is 2. The fraction of sp³-hybridized carbons (Fsp3) is 0.900. The van der Waals surface area contributed by atoms with E-state index in [9.17, 15) is 4.79 Å². The molecule has 2 aliphatic rings. The van der Waals surface area contributed by atoms with Gasteiger partial charge < -0.3 is 16.0 Å². The van der Waals surface area contributed by atoms with Gasteiger partial charge >= 0.3 is 0 Å². The lowest BCUT2D eigenvalue weighted by atomic mass is 10.1. The Hall–Kier alpha value is -0.610. The molecule has 3 N–H and O–H groups in total. The lowest BCUT2D eigenvalue weighted by Gasteiger charge is -2.25. The van der Waals surface area contributed by atoms with Crippen molar-refractivity contribution in [2.45, 2.75) is 37.8 Å². The highest BCUT2D eigenvalue weighted by Gasteiger charge is 2.24. The van der Waals surface area contributed by atoms with Crippen LogP contribution in [0.2, 0.25) is 0 Å². The Morgan fingerprint density at radius 1 is 1.21 bits per heavy atom. The zero-order chi connectivity index (χ0) is 9.80. The predicted octanol–water partition coefficient (Wildman–Crippen LogP) is -0.393. The van der Waals surface area contributed by atoms with Crippen molar-refractivity contribution in [1.29, 1.82) is 0 Å². The average molecular weight is 197 g/mol. The number of amides is 1. The molecule has 1 unspecified atom stereocenters. The molecule has 0 aliphatic carbocycles. The minimum absolute atomic E-state index is 0.0666. The zero-order valence-electron chi connectivity index (χ0n) is 8.51. The first-order valence-corrected chi connectivity index (χ1v) is 5.61. The Labute approximate surface area is 84.8 Å². The highest BCUT2D eigenvalue weighted by Crippen LogP contribution is 2.07. The van der Waals surface area contributed by atoms with Gasteiger partial charge in [-0.15, -0.1) is 0 Å². The predicted molar refractivity (Wildman–Crippen MR) is 55.1 cm³/mol. The summed E-state index contributed by atoms with van der Waals surface area (Å²) in [5.41, 5.74) is 0. The van der Waals surface area contributed by atoms with E-state index >= 15 is 0 Å². The lowest BCUT2D eigenvalue weighted by Crippen LogP contribution is -2.50. The number of nitrogens with one attached hydrogen (secondary N) is 3. The van der Waals surface area contributed by atoms with Gasteiger partial charge in [0.25, 0.3) is 0 Å². The van der Waals surface area contributed by atoms with E-state index in [0.29, 0.717) is 6.04 Å². The molecule has 80 valence electrons. The third kappa shape index (κ3) is 2.45. The minimum Gasteiger partial charge on any atom is -0.351 e. The van der Waals surface area contributed by atoms with Gasteiger partial charge in [-0.2, -0.15) is 0 Å². The van der Waals surface area contributed by atoms with Crippen molar-refractivity contribution in [2.75, 3.05) is 19.6 Å². The van der Waals surface area contributed by atoms with Crippen molar-refractivity contribution in [3.8, 4) is 0 Å². The van der Waals surface area contributed by atoms with E-state index in [2.05, 4.69) is 16.0 Å². The van der Waals surface area contributed by atoms with Crippen LogP contribution in [-0.2, 0) is 4.79 Å². The smallest absolute Gasteiger partial charge is 0.237 e. The summed E-state index contributed by atoms with van der Waals surface area (Å²) in [6.45, 7) is 3.01. The first-order valence-electron chi connectivity index (χ1n) is 5.61. The fourth-order valence-electron chi connectivity index (χ4n) is 2.19. The van der Waals surface area contributed by atoms with Crippen LogP contribution in [-0.4, -0.2) is 37.6 Å². The average Bonchev–Trinajstić information content (AvgIpc) is 2.72. The van der Waals surface area contributed by atoms with Gasteiger partial charge in [0.15, 0.2) is 0 Å². The van der Waals surface area contributed by atoms with Crippen molar-refractivity contribution >= 4 is 5.91 Å². The van der Waals surface area contributed by atoms with Gasteiger partial charge in [0, 0.05) is 12.6 Å². The summed E-state index contributed by atoms with van der Waals surface area (Å²) >= 11 is 0. The molecule has 2 rings (SSSR count). The Bertz CT molecular complexity index is 196. The molecule has 0 aromatic heterocycles.